The van der Waals surface area contributed by atoms with Crippen molar-refractivity contribution in [2.75, 3.05) is 5.73 Å². The van der Waals surface area contributed by atoms with E-state index in [0.717, 1.165) is 5.52 Å². The summed E-state index contributed by atoms with van der Waals surface area (Å²) in [6.45, 7) is 15.4. The molecule has 1 aliphatic rings. The average molecular weight is 511 g/mol. The van der Waals surface area contributed by atoms with Crippen LogP contribution in [0, 0.1) is 5.41 Å². The highest BCUT2D eigenvalue weighted by atomic mass is 16.3. The third-order valence-corrected chi connectivity index (χ3v) is 7.18. The molecule has 0 fully saturated rings. The molecular weight excluding hydrogens is 476 g/mol. The summed E-state index contributed by atoms with van der Waals surface area (Å²) in [5.41, 5.74) is 7.80. The zero-order valence-electron chi connectivity index (χ0n) is 22.2. The van der Waals surface area contributed by atoms with E-state index in [-0.39, 0.29) is 11.1 Å². The van der Waals surface area contributed by atoms with Crippen LogP contribution in [-0.2, 0) is 10.2 Å². The molecule has 6 nitrogen and oxygen atoms in total. The fraction of sp³-hybridized carbons (Fsp3) is 0.219. The lowest BCUT2D eigenvalue weighted by atomic mass is 9.77. The third kappa shape index (κ3) is 4.37. The van der Waals surface area contributed by atoms with Crippen LogP contribution in [0.3, 0.4) is 0 Å². The number of aliphatic hydroxyl groups is 3. The Morgan fingerprint density at radius 3 is 2.24 bits per heavy atom. The van der Waals surface area contributed by atoms with Crippen molar-refractivity contribution in [3.8, 4) is 0 Å². The van der Waals surface area contributed by atoms with Crippen LogP contribution in [0.4, 0.5) is 5.69 Å². The quantitative estimate of drug-likeness (QED) is 0.183. The number of carbonyl (C=O) groups excluding carboxylic acids is 1. The van der Waals surface area contributed by atoms with E-state index in [1.807, 2.05) is 52.0 Å². The molecule has 0 bridgehead atoms. The van der Waals surface area contributed by atoms with Gasteiger partial charge in [0.25, 0.3) is 0 Å². The Kier molecular flexibility index (Phi) is 6.72. The number of aliphatic hydroxyl groups excluding tert-OH is 3. The fourth-order valence-corrected chi connectivity index (χ4v) is 4.74. The minimum absolute atomic E-state index is 0.117. The van der Waals surface area contributed by atoms with Gasteiger partial charge in [0.1, 0.15) is 6.10 Å². The molecule has 196 valence electrons. The lowest BCUT2D eigenvalue weighted by molar-refractivity contribution is -0.120. The largest absolute Gasteiger partial charge is 0.504 e. The molecule has 0 amide bonds. The van der Waals surface area contributed by atoms with Crippen LogP contribution >= 0.6 is 0 Å². The molecule has 0 saturated heterocycles. The number of hydrogen-bond donors (Lipinski definition) is 5. The number of allylic oxidation sites excluding steroid dienone is 3. The Hall–Kier alpha value is -4.29. The first-order valence-corrected chi connectivity index (χ1v) is 12.4. The predicted molar refractivity (Wildman–Crippen MR) is 155 cm³/mol. The van der Waals surface area contributed by atoms with Crippen LogP contribution in [0.15, 0.2) is 97.0 Å². The predicted octanol–water partition coefficient (Wildman–Crippen LogP) is 6.53. The van der Waals surface area contributed by atoms with Crippen LogP contribution < -0.4 is 5.73 Å². The van der Waals surface area contributed by atoms with Gasteiger partial charge in [-0.1, -0.05) is 82.3 Å². The number of hydrogen-bond acceptors (Lipinski definition) is 5. The van der Waals surface area contributed by atoms with Crippen molar-refractivity contribution in [3.05, 3.63) is 114 Å². The molecular formula is C32H34N2O4. The molecule has 38 heavy (non-hydrogen) atoms. The van der Waals surface area contributed by atoms with Crippen LogP contribution in [0.1, 0.15) is 44.5 Å². The van der Waals surface area contributed by atoms with Gasteiger partial charge in [-0.3, -0.25) is 4.79 Å². The second kappa shape index (κ2) is 9.54. The second-order valence-electron chi connectivity index (χ2n) is 10.8. The van der Waals surface area contributed by atoms with E-state index in [9.17, 15) is 20.1 Å². The first-order chi connectivity index (χ1) is 17.8. The fourth-order valence-electron chi connectivity index (χ4n) is 4.74. The number of nitrogen functional groups attached to an aromatic ring is 1. The van der Waals surface area contributed by atoms with Crippen molar-refractivity contribution in [2.24, 2.45) is 5.41 Å². The Morgan fingerprint density at radius 2 is 1.61 bits per heavy atom. The first kappa shape index (κ1) is 26.8. The van der Waals surface area contributed by atoms with Crippen LogP contribution in [0.5, 0.6) is 0 Å². The molecule has 1 unspecified atom stereocenters. The molecule has 2 aromatic carbocycles. The molecule has 3 aromatic rings. The van der Waals surface area contributed by atoms with Crippen molar-refractivity contribution in [2.45, 2.75) is 39.2 Å². The molecule has 6 N–H and O–H groups in total. The lowest BCUT2D eigenvalue weighted by Crippen LogP contribution is -2.32. The SMILES string of the molecule is C=CC(C)(C)/C=C(\C1=C(O)C(O)=C(c2c(C(C)(C)C=C)[nH]c3ccccc23)C(=O)C1O)c1ccccc1N. The summed E-state index contributed by atoms with van der Waals surface area (Å²) in [6.07, 6.45) is 3.45. The molecule has 1 heterocycles. The number of H-pyrrole nitrogens is 1. The van der Waals surface area contributed by atoms with E-state index in [0.29, 0.717) is 33.5 Å². The molecule has 1 aromatic heterocycles. The standard InChI is InChI=1S/C32H34N2O4/c1-7-31(3,4)17-20(18-13-9-11-15-21(18)33)24-26(35)28(37)25(29(38)27(24)36)23-19-14-10-12-16-22(19)34-30(23)32(5,6)8-2/h7-17,26,34-36,38H,1-2,33H2,3-6H3/b20-17-. The number of rotatable bonds is 7. The van der Waals surface area contributed by atoms with Gasteiger partial charge in [-0.25, -0.2) is 0 Å². The number of nitrogens with one attached hydrogen (secondary N) is 1. The molecule has 6 heteroatoms. The van der Waals surface area contributed by atoms with Crippen LogP contribution in [-0.4, -0.2) is 32.2 Å². The lowest BCUT2D eigenvalue weighted by Gasteiger charge is -2.29. The molecule has 0 aliphatic heterocycles. The maximum absolute atomic E-state index is 13.9. The normalized spacial score (nSPS) is 17.3. The molecule has 4 rings (SSSR count). The van der Waals surface area contributed by atoms with Crippen molar-refractivity contribution in [1.82, 2.24) is 4.98 Å². The van der Waals surface area contributed by atoms with E-state index in [1.165, 1.54) is 0 Å². The Bertz CT molecular complexity index is 1560. The number of ketones is 1. The number of benzene rings is 2. The second-order valence-corrected chi connectivity index (χ2v) is 10.8. The van der Waals surface area contributed by atoms with Crippen LogP contribution in [0.2, 0.25) is 0 Å². The Morgan fingerprint density at radius 1 is 0.974 bits per heavy atom. The number of aromatic nitrogens is 1. The summed E-state index contributed by atoms with van der Waals surface area (Å²) in [4.78, 5) is 17.3. The maximum atomic E-state index is 13.9. The van der Waals surface area contributed by atoms with Gasteiger partial charge in [-0.15, -0.1) is 13.2 Å². The van der Waals surface area contributed by atoms with Gasteiger partial charge in [0, 0.05) is 49.8 Å². The van der Waals surface area contributed by atoms with E-state index in [2.05, 4.69) is 18.1 Å². The summed E-state index contributed by atoms with van der Waals surface area (Å²) < 4.78 is 0. The molecule has 0 saturated carbocycles. The van der Waals surface area contributed by atoms with E-state index >= 15 is 0 Å². The highest BCUT2D eigenvalue weighted by molar-refractivity contribution is 6.30. The summed E-state index contributed by atoms with van der Waals surface area (Å²) in [5.74, 6) is -1.94. The molecule has 0 radical (unpaired) electrons. The van der Waals surface area contributed by atoms with E-state index in [4.69, 9.17) is 5.73 Å². The van der Waals surface area contributed by atoms with Gasteiger partial charge < -0.3 is 26.0 Å². The molecule has 1 atom stereocenters. The van der Waals surface area contributed by atoms with Gasteiger partial charge in [-0.2, -0.15) is 0 Å². The first-order valence-electron chi connectivity index (χ1n) is 12.4. The zero-order chi connectivity index (χ0) is 28.0. The van der Waals surface area contributed by atoms with E-state index < -0.39 is 34.2 Å². The summed E-state index contributed by atoms with van der Waals surface area (Å²) in [7, 11) is 0. The van der Waals surface area contributed by atoms with Gasteiger partial charge in [-0.05, 0) is 17.7 Å². The average Bonchev–Trinajstić information content (AvgIpc) is 3.28. The minimum atomic E-state index is -1.76. The van der Waals surface area contributed by atoms with Crippen molar-refractivity contribution < 1.29 is 20.1 Å². The molecule has 1 aliphatic carbocycles. The number of carbonyl (C=O) groups is 1. The highest BCUT2D eigenvalue weighted by Crippen LogP contribution is 2.45. The van der Waals surface area contributed by atoms with Crippen molar-refractivity contribution in [1.29, 1.82) is 0 Å². The van der Waals surface area contributed by atoms with Crippen LogP contribution in [0.25, 0.3) is 22.0 Å². The van der Waals surface area contributed by atoms with Crippen molar-refractivity contribution >= 4 is 33.5 Å². The Balaban J connectivity index is 2.09. The number of nitrogens with two attached hydrogens (primary N) is 1. The van der Waals surface area contributed by atoms with E-state index in [1.54, 1.807) is 42.5 Å². The third-order valence-electron chi connectivity index (χ3n) is 7.18. The van der Waals surface area contributed by atoms with Gasteiger partial charge in [0.15, 0.2) is 11.5 Å². The topological polar surface area (TPSA) is 120 Å². The highest BCUT2D eigenvalue weighted by Gasteiger charge is 2.41. The summed E-state index contributed by atoms with van der Waals surface area (Å²) in [6, 6.07) is 14.3. The minimum Gasteiger partial charge on any atom is -0.504 e. The Labute approximate surface area is 222 Å². The molecule has 0 spiro atoms. The summed E-state index contributed by atoms with van der Waals surface area (Å²) in [5, 5.41) is 35.0. The monoisotopic (exact) mass is 510 g/mol. The number of Topliss-reactive ketones (excluding diaryl/α,β-unsaturated/α-hetero) is 1. The maximum Gasteiger partial charge on any atom is 0.200 e. The summed E-state index contributed by atoms with van der Waals surface area (Å²) >= 11 is 0. The smallest absolute Gasteiger partial charge is 0.200 e. The number of anilines is 1. The number of para-hydroxylation sites is 2. The van der Waals surface area contributed by atoms with Gasteiger partial charge >= 0.3 is 0 Å². The van der Waals surface area contributed by atoms with Gasteiger partial charge in [0.05, 0.1) is 5.57 Å². The van der Waals surface area contributed by atoms with Crippen molar-refractivity contribution in [3.63, 3.8) is 0 Å². The van der Waals surface area contributed by atoms with Gasteiger partial charge in [0.2, 0.25) is 5.78 Å². The number of fused-ring (bicyclic) bond motifs is 1. The zero-order valence-corrected chi connectivity index (χ0v) is 22.2. The number of aromatic amines is 1.